The molecule has 2 heterocycles. The van der Waals surface area contributed by atoms with Crippen molar-refractivity contribution in [2.45, 2.75) is 45.3 Å². The average Bonchev–Trinajstić information content (AvgIpc) is 3.22. The molecule has 7 nitrogen and oxygen atoms in total. The Balaban J connectivity index is 1.44. The van der Waals surface area contributed by atoms with E-state index < -0.39 is 0 Å². The average molecular weight is 342 g/mol. The monoisotopic (exact) mass is 342 g/mol. The van der Waals surface area contributed by atoms with E-state index in [0.717, 1.165) is 12.8 Å². The smallest absolute Gasteiger partial charge is 0.273 e. The largest absolute Gasteiger partial charge is 0.351 e. The summed E-state index contributed by atoms with van der Waals surface area (Å²) in [6, 6.07) is 11.0. The molecule has 25 heavy (non-hydrogen) atoms. The van der Waals surface area contributed by atoms with Crippen LogP contribution >= 0.6 is 0 Å². The number of carbonyl (C=O) groups excluding carboxylic acids is 1. The first-order chi connectivity index (χ1) is 12.1. The van der Waals surface area contributed by atoms with E-state index >= 15 is 0 Å². The molecule has 1 aromatic heterocycles. The summed E-state index contributed by atoms with van der Waals surface area (Å²) >= 11 is 0. The lowest BCUT2D eigenvalue weighted by molar-refractivity contribution is 0.0945. The number of amides is 1. The fourth-order valence-corrected chi connectivity index (χ4v) is 3.25. The molecular weight excluding hydrogens is 316 g/mol. The summed E-state index contributed by atoms with van der Waals surface area (Å²) in [6.45, 7) is 5.65. The van der Waals surface area contributed by atoms with Crippen molar-refractivity contribution < 1.29 is 4.79 Å². The van der Waals surface area contributed by atoms with Gasteiger partial charge >= 0.3 is 0 Å². The Bertz CT molecular complexity index is 676. The van der Waals surface area contributed by atoms with Crippen molar-refractivity contribution >= 4 is 5.91 Å². The van der Waals surface area contributed by atoms with Gasteiger partial charge in [0.25, 0.3) is 5.91 Å². The van der Waals surface area contributed by atoms with Gasteiger partial charge in [-0.25, -0.2) is 0 Å². The number of hydrogen-bond acceptors (Lipinski definition) is 5. The predicted octanol–water partition coefficient (Wildman–Crippen LogP) is 1.14. The number of aryl methyl sites for hydroxylation is 2. The van der Waals surface area contributed by atoms with Gasteiger partial charge in [0, 0.05) is 25.2 Å². The fourth-order valence-electron chi connectivity index (χ4n) is 3.25. The lowest BCUT2D eigenvalue weighted by atomic mass is 9.93. The third-order valence-corrected chi connectivity index (χ3v) is 4.83. The van der Waals surface area contributed by atoms with Crippen LogP contribution < -0.4 is 16.2 Å². The Labute approximate surface area is 148 Å². The van der Waals surface area contributed by atoms with Crippen molar-refractivity contribution in [1.82, 2.24) is 31.2 Å². The molecule has 2 atom stereocenters. The van der Waals surface area contributed by atoms with Crippen LogP contribution in [0, 0.1) is 5.92 Å². The van der Waals surface area contributed by atoms with Gasteiger partial charge < -0.3 is 5.32 Å². The quantitative estimate of drug-likeness (QED) is 0.703. The number of nitrogens with zero attached hydrogens (tertiary/aromatic N) is 3. The van der Waals surface area contributed by atoms with Crippen molar-refractivity contribution in [3.8, 4) is 0 Å². The highest BCUT2D eigenvalue weighted by Crippen LogP contribution is 2.17. The predicted molar refractivity (Wildman–Crippen MR) is 95.8 cm³/mol. The molecule has 1 aliphatic rings. The van der Waals surface area contributed by atoms with Gasteiger partial charge in [-0.05, 0) is 38.2 Å². The number of benzene rings is 1. The highest BCUT2D eigenvalue weighted by molar-refractivity contribution is 5.91. The number of rotatable bonds is 7. The van der Waals surface area contributed by atoms with Gasteiger partial charge in [-0.3, -0.25) is 20.3 Å². The molecule has 0 radical (unpaired) electrons. The van der Waals surface area contributed by atoms with Gasteiger partial charge in [-0.2, -0.15) is 0 Å². The summed E-state index contributed by atoms with van der Waals surface area (Å²) in [5, 5.41) is 11.0. The van der Waals surface area contributed by atoms with Crippen molar-refractivity contribution in [2.24, 2.45) is 5.92 Å². The molecule has 134 valence electrons. The van der Waals surface area contributed by atoms with Crippen molar-refractivity contribution in [2.75, 3.05) is 6.54 Å². The summed E-state index contributed by atoms with van der Waals surface area (Å²) in [6.07, 6.45) is 3.50. The molecule has 1 fully saturated rings. The molecule has 1 saturated heterocycles. The first kappa shape index (κ1) is 17.6. The Hall–Kier alpha value is -2.25. The Kier molecular flexibility index (Phi) is 5.78. The van der Waals surface area contributed by atoms with Crippen LogP contribution in [-0.4, -0.2) is 39.5 Å². The second kappa shape index (κ2) is 8.22. The van der Waals surface area contributed by atoms with Crippen molar-refractivity contribution in [3.05, 3.63) is 47.8 Å². The minimum absolute atomic E-state index is 0.162. The number of hydrogen-bond donors (Lipinski definition) is 3. The molecular formula is C18H26N6O. The summed E-state index contributed by atoms with van der Waals surface area (Å²) in [5.74, 6) is 0.340. The zero-order valence-electron chi connectivity index (χ0n) is 14.8. The summed E-state index contributed by atoms with van der Waals surface area (Å²) in [5.41, 5.74) is 8.08. The fraction of sp³-hybridized carbons (Fsp3) is 0.500. The van der Waals surface area contributed by atoms with Gasteiger partial charge in [0.05, 0.1) is 6.20 Å². The van der Waals surface area contributed by atoms with E-state index in [9.17, 15) is 4.79 Å². The Morgan fingerprint density at radius 3 is 2.64 bits per heavy atom. The molecule has 3 rings (SSSR count). The first-order valence-electron chi connectivity index (χ1n) is 8.87. The van der Waals surface area contributed by atoms with E-state index in [1.54, 1.807) is 10.9 Å². The summed E-state index contributed by atoms with van der Waals surface area (Å²) in [4.78, 5) is 12.2. The van der Waals surface area contributed by atoms with E-state index in [1.165, 1.54) is 5.56 Å². The third-order valence-electron chi connectivity index (χ3n) is 4.83. The molecule has 0 spiro atoms. The standard InChI is InChI=1S/C18H26N6O/c1-13-16(14(2)21-20-13)8-10-19-18(25)17-12-24(23-22-17)11-9-15-6-4-3-5-7-15/h3-7,12-14,16,20-21H,8-11H2,1-2H3,(H,19,25). The molecule has 7 heteroatoms. The van der Waals surface area contributed by atoms with E-state index in [-0.39, 0.29) is 5.91 Å². The van der Waals surface area contributed by atoms with Gasteiger partial charge in [0.1, 0.15) is 0 Å². The molecule has 1 aromatic carbocycles. The molecule has 3 N–H and O–H groups in total. The lowest BCUT2D eigenvalue weighted by Gasteiger charge is -2.17. The maximum absolute atomic E-state index is 12.2. The SMILES string of the molecule is CC1NNC(C)C1CCNC(=O)c1cn(CCc2ccccc2)nn1. The van der Waals surface area contributed by atoms with Gasteiger partial charge in [0.2, 0.25) is 0 Å². The minimum Gasteiger partial charge on any atom is -0.351 e. The molecule has 2 aromatic rings. The Morgan fingerprint density at radius 2 is 1.92 bits per heavy atom. The number of aromatic nitrogens is 3. The van der Waals surface area contributed by atoms with Crippen LogP contribution in [0.1, 0.15) is 36.3 Å². The third kappa shape index (κ3) is 4.64. The van der Waals surface area contributed by atoms with Gasteiger partial charge in [-0.15, -0.1) is 5.10 Å². The second-order valence-corrected chi connectivity index (χ2v) is 6.68. The van der Waals surface area contributed by atoms with Gasteiger partial charge in [-0.1, -0.05) is 35.5 Å². The van der Waals surface area contributed by atoms with E-state index in [1.807, 2.05) is 18.2 Å². The highest BCUT2D eigenvalue weighted by Gasteiger charge is 2.29. The van der Waals surface area contributed by atoms with E-state index in [4.69, 9.17) is 0 Å². The topological polar surface area (TPSA) is 83.9 Å². The zero-order chi connectivity index (χ0) is 17.6. The highest BCUT2D eigenvalue weighted by atomic mass is 16.2. The van der Waals surface area contributed by atoms with Crippen molar-refractivity contribution in [1.29, 1.82) is 0 Å². The summed E-state index contributed by atoms with van der Waals surface area (Å²) in [7, 11) is 0. The van der Waals surface area contributed by atoms with Crippen LogP contribution in [0.15, 0.2) is 36.5 Å². The van der Waals surface area contributed by atoms with Crippen LogP contribution in [0.4, 0.5) is 0 Å². The van der Waals surface area contributed by atoms with Crippen LogP contribution in [0.25, 0.3) is 0 Å². The number of carbonyl (C=O) groups is 1. The van der Waals surface area contributed by atoms with Crippen LogP contribution in [0.5, 0.6) is 0 Å². The van der Waals surface area contributed by atoms with Crippen molar-refractivity contribution in [3.63, 3.8) is 0 Å². The molecule has 1 amide bonds. The second-order valence-electron chi connectivity index (χ2n) is 6.68. The summed E-state index contributed by atoms with van der Waals surface area (Å²) < 4.78 is 1.72. The van der Waals surface area contributed by atoms with Crippen LogP contribution in [0.3, 0.4) is 0 Å². The molecule has 0 bridgehead atoms. The first-order valence-corrected chi connectivity index (χ1v) is 8.87. The zero-order valence-corrected chi connectivity index (χ0v) is 14.8. The normalized spacial score (nSPS) is 22.9. The van der Waals surface area contributed by atoms with Gasteiger partial charge in [0.15, 0.2) is 5.69 Å². The lowest BCUT2D eigenvalue weighted by Crippen LogP contribution is -2.31. The Morgan fingerprint density at radius 1 is 1.20 bits per heavy atom. The number of hydrazine groups is 1. The maximum Gasteiger partial charge on any atom is 0.273 e. The molecule has 1 aliphatic heterocycles. The van der Waals surface area contributed by atoms with Crippen LogP contribution in [-0.2, 0) is 13.0 Å². The van der Waals surface area contributed by atoms with Crippen LogP contribution in [0.2, 0.25) is 0 Å². The minimum atomic E-state index is -0.162. The molecule has 2 unspecified atom stereocenters. The van der Waals surface area contributed by atoms with E-state index in [0.29, 0.717) is 36.8 Å². The van der Waals surface area contributed by atoms with E-state index in [2.05, 4.69) is 52.5 Å². The molecule has 0 aliphatic carbocycles. The molecule has 0 saturated carbocycles. The maximum atomic E-state index is 12.2. The number of nitrogens with one attached hydrogen (secondary N) is 3.